The summed E-state index contributed by atoms with van der Waals surface area (Å²) >= 11 is 0. The van der Waals surface area contributed by atoms with Gasteiger partial charge in [-0.2, -0.15) is 0 Å². The molecule has 0 aliphatic heterocycles. The van der Waals surface area contributed by atoms with E-state index in [0.29, 0.717) is 0 Å². The predicted molar refractivity (Wildman–Crippen MR) is 38.3 cm³/mol. The molecule has 0 atom stereocenters. The van der Waals surface area contributed by atoms with Gasteiger partial charge in [-0.25, -0.2) is 0 Å². The first-order valence-corrected chi connectivity index (χ1v) is 3.28. The number of hydrogen-bond donors (Lipinski definition) is 0. The molecule has 1 radical (unpaired) electrons. The molecule has 0 aromatic carbocycles. The number of nitrogens with zero attached hydrogens (tertiary/aromatic N) is 2. The fourth-order valence-electron chi connectivity index (χ4n) is 1.15. The zero-order valence-corrected chi connectivity index (χ0v) is 9.17. The Bertz CT molecular complexity index is 294. The second-order valence-corrected chi connectivity index (χ2v) is 2.38. The van der Waals surface area contributed by atoms with E-state index in [4.69, 9.17) is 0 Å². The summed E-state index contributed by atoms with van der Waals surface area (Å²) in [5, 5.41) is 0. The molecule has 0 saturated carbocycles. The van der Waals surface area contributed by atoms with Gasteiger partial charge >= 0.3 is 0 Å². The number of hydrogen-bond acceptors (Lipinski definition) is 2. The topological polar surface area (TPSA) is 25.8 Å². The molecule has 0 bridgehead atoms. The van der Waals surface area contributed by atoms with Crippen molar-refractivity contribution in [2.24, 2.45) is 0 Å². The summed E-state index contributed by atoms with van der Waals surface area (Å²) < 4.78 is 0. The van der Waals surface area contributed by atoms with Gasteiger partial charge < -0.3 is 9.97 Å². The Kier molecular flexibility index (Phi) is 2.91. The minimum Gasteiger partial charge on any atom is -0.370 e. The molecular formula is C8H7N2Y-. The van der Waals surface area contributed by atoms with Crippen LogP contribution in [0.25, 0.3) is 6.08 Å². The van der Waals surface area contributed by atoms with E-state index in [1.165, 1.54) is 5.56 Å². The van der Waals surface area contributed by atoms with Crippen molar-refractivity contribution in [3.63, 3.8) is 0 Å². The monoisotopic (exact) mass is 220 g/mol. The van der Waals surface area contributed by atoms with Crippen LogP contribution >= 0.6 is 0 Å². The number of rotatable bonds is 0. The van der Waals surface area contributed by atoms with E-state index in [2.05, 4.69) is 28.4 Å². The SMILES string of the molecule is Cc1n[c-]nc2c1C=CC2.[Y]. The zero-order valence-electron chi connectivity index (χ0n) is 6.33. The van der Waals surface area contributed by atoms with Crippen molar-refractivity contribution in [2.75, 3.05) is 0 Å². The summed E-state index contributed by atoms with van der Waals surface area (Å²) in [5.74, 6) is 0. The minimum absolute atomic E-state index is 0. The maximum absolute atomic E-state index is 4.02. The molecule has 0 N–H and O–H groups in total. The van der Waals surface area contributed by atoms with Gasteiger partial charge in [-0.3, -0.25) is 0 Å². The molecule has 0 spiro atoms. The molecule has 1 heterocycles. The normalized spacial score (nSPS) is 12.5. The average molecular weight is 220 g/mol. The summed E-state index contributed by atoms with van der Waals surface area (Å²) in [4.78, 5) is 7.98. The molecule has 3 heteroatoms. The molecule has 1 aliphatic carbocycles. The van der Waals surface area contributed by atoms with Crippen molar-refractivity contribution in [1.29, 1.82) is 0 Å². The Morgan fingerprint density at radius 2 is 2.27 bits per heavy atom. The molecule has 0 saturated heterocycles. The average Bonchev–Trinajstić information content (AvgIpc) is 2.36. The molecule has 0 unspecified atom stereocenters. The van der Waals surface area contributed by atoms with Crippen LogP contribution in [0.2, 0.25) is 0 Å². The van der Waals surface area contributed by atoms with Gasteiger partial charge in [0, 0.05) is 39.0 Å². The van der Waals surface area contributed by atoms with Crippen LogP contribution in [0.4, 0.5) is 0 Å². The summed E-state index contributed by atoms with van der Waals surface area (Å²) in [5.41, 5.74) is 3.31. The first-order valence-electron chi connectivity index (χ1n) is 3.28. The number of aromatic nitrogens is 2. The van der Waals surface area contributed by atoms with Crippen molar-refractivity contribution >= 4 is 6.08 Å². The Balaban J connectivity index is 0.000000605. The van der Waals surface area contributed by atoms with Crippen molar-refractivity contribution in [3.8, 4) is 0 Å². The van der Waals surface area contributed by atoms with Gasteiger partial charge in [0.15, 0.2) is 0 Å². The van der Waals surface area contributed by atoms with E-state index >= 15 is 0 Å². The van der Waals surface area contributed by atoms with Crippen molar-refractivity contribution in [1.82, 2.24) is 9.97 Å². The van der Waals surface area contributed by atoms with Gasteiger partial charge in [0.1, 0.15) is 0 Å². The van der Waals surface area contributed by atoms with Crippen LogP contribution < -0.4 is 0 Å². The van der Waals surface area contributed by atoms with E-state index < -0.39 is 0 Å². The van der Waals surface area contributed by atoms with Crippen molar-refractivity contribution in [3.05, 3.63) is 29.4 Å². The van der Waals surface area contributed by atoms with E-state index in [0.717, 1.165) is 17.8 Å². The molecule has 0 fully saturated rings. The Morgan fingerprint density at radius 3 is 3.00 bits per heavy atom. The maximum Gasteiger partial charge on any atom is 0.0219 e. The van der Waals surface area contributed by atoms with Crippen LogP contribution in [0.1, 0.15) is 17.0 Å². The van der Waals surface area contributed by atoms with Crippen LogP contribution in [-0.2, 0) is 39.1 Å². The molecule has 53 valence electrons. The van der Waals surface area contributed by atoms with Gasteiger partial charge in [0.2, 0.25) is 0 Å². The molecule has 2 rings (SSSR count). The maximum atomic E-state index is 4.02. The molecule has 0 amide bonds. The molecule has 2 nitrogen and oxygen atoms in total. The Labute approximate surface area is 91.0 Å². The van der Waals surface area contributed by atoms with E-state index in [9.17, 15) is 0 Å². The van der Waals surface area contributed by atoms with E-state index in [1.54, 1.807) is 0 Å². The van der Waals surface area contributed by atoms with E-state index in [-0.39, 0.29) is 32.7 Å². The number of fused-ring (bicyclic) bond motifs is 1. The quantitative estimate of drug-likeness (QED) is 0.613. The van der Waals surface area contributed by atoms with Crippen LogP contribution in [0, 0.1) is 13.3 Å². The van der Waals surface area contributed by atoms with Gasteiger partial charge in [0.25, 0.3) is 0 Å². The summed E-state index contributed by atoms with van der Waals surface area (Å²) in [6.07, 6.45) is 7.73. The molecule has 1 aliphatic rings. The fourth-order valence-corrected chi connectivity index (χ4v) is 1.15. The smallest absolute Gasteiger partial charge is 0.0219 e. The van der Waals surface area contributed by atoms with Crippen molar-refractivity contribution in [2.45, 2.75) is 13.3 Å². The zero-order chi connectivity index (χ0) is 6.97. The van der Waals surface area contributed by atoms with E-state index in [1.807, 2.05) is 6.92 Å². The molecule has 11 heavy (non-hydrogen) atoms. The van der Waals surface area contributed by atoms with Crippen LogP contribution in [0.15, 0.2) is 6.08 Å². The van der Waals surface area contributed by atoms with Crippen LogP contribution in [0.5, 0.6) is 0 Å². The Hall–Kier alpha value is -0.0761. The summed E-state index contributed by atoms with van der Waals surface area (Å²) in [7, 11) is 0. The summed E-state index contributed by atoms with van der Waals surface area (Å²) in [6.45, 7) is 1.98. The minimum atomic E-state index is 0. The second-order valence-electron chi connectivity index (χ2n) is 2.38. The standard InChI is InChI=1S/C8H7N2.Y/c1-6-7-3-2-4-8(7)10-5-9-6;/h2-3H,4H2,1H3;/q-1;. The summed E-state index contributed by atoms with van der Waals surface area (Å²) in [6, 6.07) is 0. The van der Waals surface area contributed by atoms with Gasteiger partial charge in [-0.05, 0) is 6.42 Å². The number of aryl methyl sites for hydroxylation is 1. The van der Waals surface area contributed by atoms with Crippen molar-refractivity contribution < 1.29 is 32.7 Å². The third-order valence-corrected chi connectivity index (χ3v) is 1.70. The van der Waals surface area contributed by atoms with Gasteiger partial charge in [0.05, 0.1) is 0 Å². The molecular weight excluding hydrogens is 213 g/mol. The third kappa shape index (κ3) is 1.57. The second kappa shape index (κ2) is 3.55. The van der Waals surface area contributed by atoms with Crippen LogP contribution in [0.3, 0.4) is 0 Å². The predicted octanol–water partition coefficient (Wildman–Crippen LogP) is 1.15. The number of allylic oxidation sites excluding steroid dienone is 1. The fraction of sp³-hybridized carbons (Fsp3) is 0.250. The first kappa shape index (κ1) is 9.02. The third-order valence-electron chi connectivity index (χ3n) is 1.70. The molecule has 1 aromatic rings. The van der Waals surface area contributed by atoms with Gasteiger partial charge in [-0.1, -0.05) is 36.0 Å². The Morgan fingerprint density at radius 1 is 1.45 bits per heavy atom. The van der Waals surface area contributed by atoms with Gasteiger partial charge in [-0.15, -0.1) is 0 Å². The largest absolute Gasteiger partial charge is 0.370 e. The van der Waals surface area contributed by atoms with Crippen LogP contribution in [-0.4, -0.2) is 9.97 Å². The first-order chi connectivity index (χ1) is 4.88. The molecule has 1 aromatic heterocycles.